The Kier molecular flexibility index (Phi) is 6.47. The van der Waals surface area contributed by atoms with E-state index in [0.717, 1.165) is 23.7 Å². The second-order valence-corrected chi connectivity index (χ2v) is 6.06. The van der Waals surface area contributed by atoms with E-state index in [1.807, 2.05) is 37.3 Å². The molecule has 2 nitrogen and oxygen atoms in total. The molecule has 0 aliphatic carbocycles. The first-order chi connectivity index (χ1) is 10.6. The van der Waals surface area contributed by atoms with Crippen LogP contribution in [0, 0.1) is 5.92 Å². The predicted molar refractivity (Wildman–Crippen MR) is 90.9 cm³/mol. The highest BCUT2D eigenvalue weighted by Crippen LogP contribution is 2.17. The molecule has 1 unspecified atom stereocenters. The molecule has 2 aromatic rings. The van der Waals surface area contributed by atoms with Gasteiger partial charge in [0.25, 0.3) is 0 Å². The fraction of sp³-hybridized carbons (Fsp3) is 0.400. The van der Waals surface area contributed by atoms with Crippen LogP contribution in [-0.2, 0) is 17.8 Å². The van der Waals surface area contributed by atoms with E-state index in [2.05, 4.69) is 38.1 Å². The molecule has 1 atom stereocenters. The van der Waals surface area contributed by atoms with Crippen molar-refractivity contribution in [2.24, 2.45) is 5.92 Å². The molecule has 0 saturated heterocycles. The van der Waals surface area contributed by atoms with Crippen LogP contribution in [0.15, 0.2) is 54.6 Å². The van der Waals surface area contributed by atoms with Crippen LogP contribution in [0.3, 0.4) is 0 Å². The van der Waals surface area contributed by atoms with Crippen molar-refractivity contribution in [3.8, 4) is 5.75 Å². The van der Waals surface area contributed by atoms with Gasteiger partial charge in [-0.2, -0.15) is 0 Å². The molecule has 0 fully saturated rings. The molecule has 2 heteroatoms. The lowest BCUT2D eigenvalue weighted by molar-refractivity contribution is -0.0759. The summed E-state index contributed by atoms with van der Waals surface area (Å²) in [7, 11) is 0. The Balaban J connectivity index is 1.77. The zero-order valence-electron chi connectivity index (χ0n) is 13.8. The number of aryl methyl sites for hydroxylation is 1. The van der Waals surface area contributed by atoms with E-state index in [-0.39, 0.29) is 6.29 Å². The topological polar surface area (TPSA) is 18.5 Å². The van der Waals surface area contributed by atoms with Crippen LogP contribution in [0.4, 0.5) is 0 Å². The third kappa shape index (κ3) is 5.90. The second kappa shape index (κ2) is 8.60. The van der Waals surface area contributed by atoms with Gasteiger partial charge in [0.1, 0.15) is 5.75 Å². The van der Waals surface area contributed by atoms with Gasteiger partial charge in [0.15, 0.2) is 6.29 Å². The van der Waals surface area contributed by atoms with E-state index in [0.29, 0.717) is 6.61 Å². The maximum atomic E-state index is 5.79. The molecule has 0 spiro atoms. The molecule has 0 radical (unpaired) electrons. The quantitative estimate of drug-likeness (QED) is 0.622. The molecule has 0 saturated carbocycles. The minimum absolute atomic E-state index is 0.262. The summed E-state index contributed by atoms with van der Waals surface area (Å²) in [5, 5.41) is 0. The van der Waals surface area contributed by atoms with Gasteiger partial charge < -0.3 is 9.47 Å². The first kappa shape index (κ1) is 16.6. The van der Waals surface area contributed by atoms with E-state index in [4.69, 9.17) is 9.47 Å². The standard InChI is InChI=1S/C20H26O2/c1-16(2)9-10-18-11-13-20(14-12-18)22-17(3)21-15-19-7-5-4-6-8-19/h4-8,11-14,16-17H,9-10,15H2,1-3H3. The fourth-order valence-electron chi connectivity index (χ4n) is 2.20. The fourth-order valence-corrected chi connectivity index (χ4v) is 2.20. The van der Waals surface area contributed by atoms with Crippen molar-refractivity contribution >= 4 is 0 Å². The van der Waals surface area contributed by atoms with Crippen molar-refractivity contribution in [1.82, 2.24) is 0 Å². The first-order valence-corrected chi connectivity index (χ1v) is 8.04. The van der Waals surface area contributed by atoms with Crippen molar-refractivity contribution in [2.45, 2.75) is 46.5 Å². The zero-order valence-corrected chi connectivity index (χ0v) is 13.8. The summed E-state index contributed by atoms with van der Waals surface area (Å²) >= 11 is 0. The number of hydrogen-bond acceptors (Lipinski definition) is 2. The highest BCUT2D eigenvalue weighted by atomic mass is 16.7. The van der Waals surface area contributed by atoms with Crippen LogP contribution in [-0.4, -0.2) is 6.29 Å². The molecular formula is C20H26O2. The lowest BCUT2D eigenvalue weighted by Crippen LogP contribution is -2.16. The van der Waals surface area contributed by atoms with E-state index in [1.165, 1.54) is 12.0 Å². The Morgan fingerprint density at radius 1 is 0.818 bits per heavy atom. The van der Waals surface area contributed by atoms with Crippen LogP contribution in [0.5, 0.6) is 5.75 Å². The minimum Gasteiger partial charge on any atom is -0.465 e. The van der Waals surface area contributed by atoms with Gasteiger partial charge in [-0.05, 0) is 48.9 Å². The van der Waals surface area contributed by atoms with Crippen molar-refractivity contribution in [1.29, 1.82) is 0 Å². The third-order valence-corrected chi connectivity index (χ3v) is 3.56. The number of hydrogen-bond donors (Lipinski definition) is 0. The average molecular weight is 298 g/mol. The lowest BCUT2D eigenvalue weighted by atomic mass is 10.0. The molecule has 2 aromatic carbocycles. The zero-order chi connectivity index (χ0) is 15.8. The molecule has 0 aromatic heterocycles. The van der Waals surface area contributed by atoms with Gasteiger partial charge in [-0.15, -0.1) is 0 Å². The number of rotatable bonds is 8. The summed E-state index contributed by atoms with van der Waals surface area (Å²) in [6, 6.07) is 18.5. The minimum atomic E-state index is -0.262. The molecule has 0 amide bonds. The van der Waals surface area contributed by atoms with E-state index < -0.39 is 0 Å². The Bertz CT molecular complexity index is 531. The largest absolute Gasteiger partial charge is 0.465 e. The van der Waals surface area contributed by atoms with Crippen molar-refractivity contribution in [3.63, 3.8) is 0 Å². The summed E-state index contributed by atoms with van der Waals surface area (Å²) < 4.78 is 11.5. The molecule has 0 heterocycles. The van der Waals surface area contributed by atoms with Crippen molar-refractivity contribution in [2.75, 3.05) is 0 Å². The van der Waals surface area contributed by atoms with Gasteiger partial charge in [0.2, 0.25) is 0 Å². The number of ether oxygens (including phenoxy) is 2. The van der Waals surface area contributed by atoms with Gasteiger partial charge >= 0.3 is 0 Å². The highest BCUT2D eigenvalue weighted by molar-refractivity contribution is 5.27. The monoisotopic (exact) mass is 298 g/mol. The molecule has 0 bridgehead atoms. The molecule has 22 heavy (non-hydrogen) atoms. The van der Waals surface area contributed by atoms with Gasteiger partial charge in [0, 0.05) is 0 Å². The van der Waals surface area contributed by atoms with Crippen molar-refractivity contribution < 1.29 is 9.47 Å². The molecule has 2 rings (SSSR count). The Hall–Kier alpha value is -1.80. The number of benzene rings is 2. The first-order valence-electron chi connectivity index (χ1n) is 8.04. The van der Waals surface area contributed by atoms with Gasteiger partial charge in [0.05, 0.1) is 6.61 Å². The maximum absolute atomic E-state index is 5.79. The SMILES string of the molecule is CC(C)CCc1ccc(OC(C)OCc2ccccc2)cc1. The van der Waals surface area contributed by atoms with Gasteiger partial charge in [-0.1, -0.05) is 56.3 Å². The summed E-state index contributed by atoms with van der Waals surface area (Å²) in [6.45, 7) is 7.00. The van der Waals surface area contributed by atoms with Gasteiger partial charge in [-0.25, -0.2) is 0 Å². The Labute approximate surface area is 134 Å². The molecule has 0 aliphatic heterocycles. The second-order valence-electron chi connectivity index (χ2n) is 6.06. The maximum Gasteiger partial charge on any atom is 0.197 e. The predicted octanol–water partition coefficient (Wildman–Crippen LogP) is 5.22. The van der Waals surface area contributed by atoms with Crippen LogP contribution in [0.1, 0.15) is 38.3 Å². The van der Waals surface area contributed by atoms with Crippen LogP contribution in [0.2, 0.25) is 0 Å². The third-order valence-electron chi connectivity index (χ3n) is 3.56. The smallest absolute Gasteiger partial charge is 0.197 e. The van der Waals surface area contributed by atoms with Crippen LogP contribution in [0.25, 0.3) is 0 Å². The van der Waals surface area contributed by atoms with Crippen molar-refractivity contribution in [3.05, 3.63) is 65.7 Å². The molecule has 0 aliphatic rings. The summed E-state index contributed by atoms with van der Waals surface area (Å²) in [5.74, 6) is 1.59. The molecular weight excluding hydrogens is 272 g/mol. The lowest BCUT2D eigenvalue weighted by Gasteiger charge is -2.16. The van der Waals surface area contributed by atoms with Crippen LogP contribution < -0.4 is 4.74 Å². The summed E-state index contributed by atoms with van der Waals surface area (Å²) in [6.07, 6.45) is 2.08. The Morgan fingerprint density at radius 3 is 2.14 bits per heavy atom. The highest BCUT2D eigenvalue weighted by Gasteiger charge is 2.05. The summed E-state index contributed by atoms with van der Waals surface area (Å²) in [5.41, 5.74) is 2.51. The normalized spacial score (nSPS) is 12.4. The van der Waals surface area contributed by atoms with Crippen LogP contribution >= 0.6 is 0 Å². The average Bonchev–Trinajstić information content (AvgIpc) is 2.53. The van der Waals surface area contributed by atoms with Gasteiger partial charge in [-0.3, -0.25) is 0 Å². The van der Waals surface area contributed by atoms with E-state index in [1.54, 1.807) is 0 Å². The Morgan fingerprint density at radius 2 is 1.50 bits per heavy atom. The van der Waals surface area contributed by atoms with E-state index >= 15 is 0 Å². The summed E-state index contributed by atoms with van der Waals surface area (Å²) in [4.78, 5) is 0. The van der Waals surface area contributed by atoms with E-state index in [9.17, 15) is 0 Å². The molecule has 118 valence electrons. The molecule has 0 N–H and O–H groups in total.